The molecule has 17 heavy (non-hydrogen) atoms. The lowest BCUT2D eigenvalue weighted by molar-refractivity contribution is -0.685. The van der Waals surface area contributed by atoms with Gasteiger partial charge in [-0.25, -0.2) is 9.55 Å². The van der Waals surface area contributed by atoms with E-state index in [-0.39, 0.29) is 0 Å². The lowest BCUT2D eigenvalue weighted by Crippen LogP contribution is -2.33. The lowest BCUT2D eigenvalue weighted by Gasteiger charge is -2.04. The van der Waals surface area contributed by atoms with Crippen LogP contribution in [0.2, 0.25) is 0 Å². The standard InChI is InChI=1S/C15H20N2/c1-3-5-11-17-12-10-16-15(17)14-9-7-6-8-13(14)4-2/h6-10,12H,3-5,11H2,1-2H3/p+1. The number of aromatic amines is 1. The van der Waals surface area contributed by atoms with Crippen molar-refractivity contribution in [1.29, 1.82) is 0 Å². The first-order valence-electron chi connectivity index (χ1n) is 6.52. The van der Waals surface area contributed by atoms with E-state index in [4.69, 9.17) is 0 Å². The van der Waals surface area contributed by atoms with Gasteiger partial charge in [-0.15, -0.1) is 0 Å². The fraction of sp³-hybridized carbons (Fsp3) is 0.400. The Morgan fingerprint density at radius 2 is 2.00 bits per heavy atom. The summed E-state index contributed by atoms with van der Waals surface area (Å²) in [6, 6.07) is 8.63. The van der Waals surface area contributed by atoms with E-state index in [1.165, 1.54) is 29.8 Å². The number of benzene rings is 1. The first-order chi connectivity index (χ1) is 8.36. The zero-order chi connectivity index (χ0) is 12.1. The Morgan fingerprint density at radius 1 is 1.18 bits per heavy atom. The highest BCUT2D eigenvalue weighted by Gasteiger charge is 2.15. The lowest BCUT2D eigenvalue weighted by atomic mass is 10.0. The van der Waals surface area contributed by atoms with E-state index in [0.29, 0.717) is 0 Å². The first kappa shape index (κ1) is 11.9. The fourth-order valence-corrected chi connectivity index (χ4v) is 2.17. The molecule has 1 aromatic heterocycles. The van der Waals surface area contributed by atoms with Crippen LogP contribution in [0.1, 0.15) is 32.3 Å². The minimum atomic E-state index is 1.07. The van der Waals surface area contributed by atoms with Crippen molar-refractivity contribution in [1.82, 2.24) is 4.98 Å². The van der Waals surface area contributed by atoms with Gasteiger partial charge in [0.1, 0.15) is 12.4 Å². The maximum absolute atomic E-state index is 3.37. The van der Waals surface area contributed by atoms with Crippen molar-refractivity contribution in [2.24, 2.45) is 0 Å². The maximum atomic E-state index is 3.37. The molecular formula is C15H21N2+. The van der Waals surface area contributed by atoms with E-state index in [2.05, 4.69) is 53.9 Å². The molecule has 0 aliphatic carbocycles. The highest BCUT2D eigenvalue weighted by atomic mass is 15.1. The van der Waals surface area contributed by atoms with Gasteiger partial charge >= 0.3 is 0 Å². The Hall–Kier alpha value is -1.57. The van der Waals surface area contributed by atoms with Crippen LogP contribution in [-0.2, 0) is 13.0 Å². The third kappa shape index (κ3) is 2.57. The maximum Gasteiger partial charge on any atom is 0.286 e. The number of hydrogen-bond acceptors (Lipinski definition) is 0. The SMILES string of the molecule is CCCC[n+]1cc[nH]c1-c1ccccc1CC. The van der Waals surface area contributed by atoms with E-state index in [9.17, 15) is 0 Å². The number of H-pyrrole nitrogens is 1. The van der Waals surface area contributed by atoms with Crippen molar-refractivity contribution >= 4 is 0 Å². The van der Waals surface area contributed by atoms with Crippen LogP contribution in [0.15, 0.2) is 36.7 Å². The normalized spacial score (nSPS) is 10.7. The number of rotatable bonds is 5. The molecule has 0 saturated carbocycles. The van der Waals surface area contributed by atoms with Crippen molar-refractivity contribution in [2.45, 2.75) is 39.7 Å². The van der Waals surface area contributed by atoms with Gasteiger partial charge in [-0.05, 0) is 24.5 Å². The molecule has 0 aliphatic rings. The number of hydrogen-bond donors (Lipinski definition) is 1. The Labute approximate surface area is 103 Å². The highest BCUT2D eigenvalue weighted by molar-refractivity contribution is 5.57. The smallest absolute Gasteiger partial charge is 0.243 e. The van der Waals surface area contributed by atoms with E-state index in [1.54, 1.807) is 0 Å². The average Bonchev–Trinajstić information content (AvgIpc) is 2.84. The summed E-state index contributed by atoms with van der Waals surface area (Å²) in [4.78, 5) is 3.37. The van der Waals surface area contributed by atoms with Crippen LogP contribution < -0.4 is 4.57 Å². The van der Waals surface area contributed by atoms with Gasteiger partial charge in [-0.3, -0.25) is 0 Å². The second kappa shape index (κ2) is 5.67. The molecule has 0 saturated heterocycles. The topological polar surface area (TPSA) is 19.7 Å². The molecule has 0 spiro atoms. The van der Waals surface area contributed by atoms with Gasteiger partial charge in [0.2, 0.25) is 0 Å². The summed E-state index contributed by atoms with van der Waals surface area (Å²) in [5.41, 5.74) is 2.73. The second-order valence-corrected chi connectivity index (χ2v) is 4.37. The van der Waals surface area contributed by atoms with Crippen molar-refractivity contribution in [3.8, 4) is 11.4 Å². The van der Waals surface area contributed by atoms with Crippen LogP contribution in [0.5, 0.6) is 0 Å². The summed E-state index contributed by atoms with van der Waals surface area (Å²) in [5, 5.41) is 0. The molecule has 2 heteroatoms. The Kier molecular flexibility index (Phi) is 3.97. The summed E-state index contributed by atoms with van der Waals surface area (Å²) in [6.45, 7) is 5.53. The number of aryl methyl sites for hydroxylation is 2. The molecule has 0 amide bonds. The fourth-order valence-electron chi connectivity index (χ4n) is 2.17. The quantitative estimate of drug-likeness (QED) is 0.759. The summed E-state index contributed by atoms with van der Waals surface area (Å²) in [6.07, 6.45) is 7.69. The molecule has 2 nitrogen and oxygen atoms in total. The van der Waals surface area contributed by atoms with Crippen LogP contribution in [0, 0.1) is 0 Å². The van der Waals surface area contributed by atoms with Crippen molar-refractivity contribution in [3.63, 3.8) is 0 Å². The van der Waals surface area contributed by atoms with Crippen LogP contribution in [0.3, 0.4) is 0 Å². The monoisotopic (exact) mass is 229 g/mol. The molecule has 0 unspecified atom stereocenters. The van der Waals surface area contributed by atoms with Gasteiger partial charge in [0.05, 0.1) is 12.1 Å². The largest absolute Gasteiger partial charge is 0.286 e. The molecule has 0 bridgehead atoms. The summed E-state index contributed by atoms with van der Waals surface area (Å²) >= 11 is 0. The van der Waals surface area contributed by atoms with Crippen LogP contribution in [0.4, 0.5) is 0 Å². The van der Waals surface area contributed by atoms with Crippen LogP contribution in [-0.4, -0.2) is 4.98 Å². The zero-order valence-electron chi connectivity index (χ0n) is 10.7. The van der Waals surface area contributed by atoms with Gasteiger partial charge in [-0.1, -0.05) is 38.5 Å². The molecule has 0 fully saturated rings. The number of imidazole rings is 1. The molecule has 1 aromatic carbocycles. The molecule has 1 N–H and O–H groups in total. The molecule has 0 radical (unpaired) electrons. The van der Waals surface area contributed by atoms with Crippen molar-refractivity contribution < 1.29 is 4.57 Å². The molecule has 90 valence electrons. The molecule has 1 heterocycles. The number of unbranched alkanes of at least 4 members (excludes halogenated alkanes) is 1. The minimum Gasteiger partial charge on any atom is -0.243 e. The predicted molar refractivity (Wildman–Crippen MR) is 70.7 cm³/mol. The summed E-state index contributed by atoms with van der Waals surface area (Å²) in [5.74, 6) is 1.23. The number of aromatic nitrogens is 2. The van der Waals surface area contributed by atoms with Gasteiger partial charge < -0.3 is 0 Å². The molecule has 2 aromatic rings. The van der Waals surface area contributed by atoms with E-state index >= 15 is 0 Å². The van der Waals surface area contributed by atoms with Gasteiger partial charge in [-0.2, -0.15) is 0 Å². The predicted octanol–water partition coefficient (Wildman–Crippen LogP) is 3.33. The minimum absolute atomic E-state index is 1.07. The molecule has 2 rings (SSSR count). The Bertz CT molecular complexity index is 471. The van der Waals surface area contributed by atoms with Crippen molar-refractivity contribution in [3.05, 3.63) is 42.2 Å². The van der Waals surface area contributed by atoms with Gasteiger partial charge in [0.15, 0.2) is 0 Å². The first-order valence-corrected chi connectivity index (χ1v) is 6.52. The van der Waals surface area contributed by atoms with Crippen LogP contribution >= 0.6 is 0 Å². The molecule has 0 aliphatic heterocycles. The van der Waals surface area contributed by atoms with Crippen molar-refractivity contribution in [2.75, 3.05) is 0 Å². The third-order valence-electron chi connectivity index (χ3n) is 3.17. The van der Waals surface area contributed by atoms with Gasteiger partial charge in [0.25, 0.3) is 5.82 Å². The number of nitrogens with one attached hydrogen (secondary N) is 1. The average molecular weight is 229 g/mol. The third-order valence-corrected chi connectivity index (χ3v) is 3.17. The Morgan fingerprint density at radius 3 is 2.76 bits per heavy atom. The van der Waals surface area contributed by atoms with Crippen LogP contribution in [0.25, 0.3) is 11.4 Å². The van der Waals surface area contributed by atoms with Gasteiger partial charge in [0, 0.05) is 0 Å². The zero-order valence-corrected chi connectivity index (χ0v) is 10.7. The molecule has 0 atom stereocenters. The summed E-state index contributed by atoms with van der Waals surface area (Å²) < 4.78 is 2.32. The highest BCUT2D eigenvalue weighted by Crippen LogP contribution is 2.19. The molecular weight excluding hydrogens is 208 g/mol. The van der Waals surface area contributed by atoms with E-state index in [1.807, 2.05) is 6.20 Å². The number of nitrogens with zero attached hydrogens (tertiary/aromatic N) is 1. The second-order valence-electron chi connectivity index (χ2n) is 4.37. The summed E-state index contributed by atoms with van der Waals surface area (Å²) in [7, 11) is 0. The Balaban J connectivity index is 2.35. The van der Waals surface area contributed by atoms with E-state index in [0.717, 1.165) is 13.0 Å². The van der Waals surface area contributed by atoms with E-state index < -0.39 is 0 Å².